The Hall–Kier alpha value is -2.09. The number of benzene rings is 4. The Kier molecular flexibility index (Phi) is 4.53. The summed E-state index contributed by atoms with van der Waals surface area (Å²) >= 11 is 3.53. The number of para-hydroxylation sites is 1. The van der Waals surface area contributed by atoms with Crippen molar-refractivity contribution < 1.29 is 0 Å². The van der Waals surface area contributed by atoms with Crippen molar-refractivity contribution in [2.75, 3.05) is 5.32 Å². The predicted octanol–water partition coefficient (Wildman–Crippen LogP) is 7.74. The van der Waals surface area contributed by atoms with Crippen molar-refractivity contribution >= 4 is 90.6 Å². The standard InChI is InChI=1S/C23H14N2S2.HI/c1-3-9-16-14(7-1)15-8-2-4-10-17(15)23-22(16)25-21(27-23)13-20-24-18-11-5-6-12-19(18)26-20;/h1-13,24H;1H. The minimum Gasteiger partial charge on any atom is -0.349 e. The number of aromatic nitrogens is 1. The Morgan fingerprint density at radius 2 is 1.39 bits per heavy atom. The normalized spacial score (nSPS) is 14.4. The van der Waals surface area contributed by atoms with Crippen LogP contribution >= 0.6 is 47.1 Å². The van der Waals surface area contributed by atoms with E-state index in [2.05, 4.69) is 84.2 Å². The van der Waals surface area contributed by atoms with Gasteiger partial charge in [-0.25, -0.2) is 4.98 Å². The molecule has 136 valence electrons. The Balaban J connectivity index is 0.00000171. The number of fused-ring (bicyclic) bond motifs is 7. The molecule has 2 heterocycles. The molecule has 1 aliphatic rings. The Morgan fingerprint density at radius 3 is 2.18 bits per heavy atom. The van der Waals surface area contributed by atoms with Gasteiger partial charge in [-0.3, -0.25) is 0 Å². The molecule has 1 aliphatic heterocycles. The lowest BCUT2D eigenvalue weighted by Crippen LogP contribution is -1.87. The van der Waals surface area contributed by atoms with E-state index in [0.717, 1.165) is 15.6 Å². The van der Waals surface area contributed by atoms with Gasteiger partial charge in [0.15, 0.2) is 0 Å². The number of hydrogen-bond donors (Lipinski definition) is 1. The molecule has 0 saturated heterocycles. The third-order valence-electron chi connectivity index (χ3n) is 4.91. The number of nitrogens with zero attached hydrogens (tertiary/aromatic N) is 1. The minimum absolute atomic E-state index is 0. The maximum Gasteiger partial charge on any atom is 0.120 e. The number of halogens is 1. The van der Waals surface area contributed by atoms with Crippen molar-refractivity contribution in [3.63, 3.8) is 0 Å². The van der Waals surface area contributed by atoms with Gasteiger partial charge < -0.3 is 5.32 Å². The molecule has 0 radical (unpaired) electrons. The molecular weight excluding hydrogens is 495 g/mol. The van der Waals surface area contributed by atoms with Gasteiger partial charge in [0.05, 0.1) is 20.9 Å². The summed E-state index contributed by atoms with van der Waals surface area (Å²) in [5, 5.41) is 10.7. The second-order valence-electron chi connectivity index (χ2n) is 6.55. The fraction of sp³-hybridized carbons (Fsp3) is 0. The monoisotopic (exact) mass is 510 g/mol. The molecule has 0 atom stereocenters. The SMILES string of the molecule is C(=C1Nc2ccccc2S1)c1nc2c3ccccc3c3ccccc3c2s1.I. The second-order valence-corrected chi connectivity index (χ2v) is 8.67. The lowest BCUT2D eigenvalue weighted by molar-refractivity contribution is 1.45. The summed E-state index contributed by atoms with van der Waals surface area (Å²) in [5.41, 5.74) is 2.27. The summed E-state index contributed by atoms with van der Waals surface area (Å²) in [6.07, 6.45) is 2.17. The van der Waals surface area contributed by atoms with Gasteiger partial charge in [-0.05, 0) is 22.9 Å². The summed E-state index contributed by atoms with van der Waals surface area (Å²) in [6, 6.07) is 25.6. The molecule has 5 heteroatoms. The van der Waals surface area contributed by atoms with Crippen molar-refractivity contribution in [1.29, 1.82) is 0 Å². The molecule has 6 rings (SSSR count). The molecule has 0 unspecified atom stereocenters. The van der Waals surface area contributed by atoms with E-state index in [-0.39, 0.29) is 24.0 Å². The van der Waals surface area contributed by atoms with Crippen LogP contribution in [0.25, 0.3) is 37.8 Å². The first-order valence-corrected chi connectivity index (χ1v) is 10.5. The van der Waals surface area contributed by atoms with E-state index in [9.17, 15) is 0 Å². The number of thioether (sulfide) groups is 1. The van der Waals surface area contributed by atoms with Crippen molar-refractivity contribution in [1.82, 2.24) is 4.98 Å². The highest BCUT2D eigenvalue weighted by Crippen LogP contribution is 2.43. The highest BCUT2D eigenvalue weighted by Gasteiger charge is 2.17. The van der Waals surface area contributed by atoms with Gasteiger partial charge in [0.1, 0.15) is 5.01 Å². The van der Waals surface area contributed by atoms with Gasteiger partial charge in [-0.2, -0.15) is 0 Å². The van der Waals surface area contributed by atoms with Gasteiger partial charge in [-0.15, -0.1) is 35.3 Å². The minimum atomic E-state index is 0. The first-order valence-electron chi connectivity index (χ1n) is 8.82. The van der Waals surface area contributed by atoms with Gasteiger partial charge in [0, 0.05) is 21.7 Å². The van der Waals surface area contributed by atoms with Crippen LogP contribution in [0.4, 0.5) is 5.69 Å². The second kappa shape index (κ2) is 7.06. The number of hydrogen-bond acceptors (Lipinski definition) is 4. The molecule has 0 spiro atoms. The maximum atomic E-state index is 5.01. The number of anilines is 1. The average Bonchev–Trinajstić information content (AvgIpc) is 3.32. The van der Waals surface area contributed by atoms with Gasteiger partial charge in [-0.1, -0.05) is 72.4 Å². The van der Waals surface area contributed by atoms with Crippen LogP contribution in [0.1, 0.15) is 5.01 Å². The first-order chi connectivity index (χ1) is 13.4. The summed E-state index contributed by atoms with van der Waals surface area (Å²) in [7, 11) is 0. The zero-order valence-electron chi connectivity index (χ0n) is 14.7. The third kappa shape index (κ3) is 2.80. The number of thiazole rings is 1. The summed E-state index contributed by atoms with van der Waals surface area (Å²) in [6.45, 7) is 0. The molecule has 5 aromatic rings. The summed E-state index contributed by atoms with van der Waals surface area (Å²) in [5.74, 6) is 0. The average molecular weight is 510 g/mol. The van der Waals surface area contributed by atoms with E-state index in [0.29, 0.717) is 0 Å². The summed E-state index contributed by atoms with van der Waals surface area (Å²) in [4.78, 5) is 6.27. The van der Waals surface area contributed by atoms with Crippen LogP contribution in [0.5, 0.6) is 0 Å². The molecule has 28 heavy (non-hydrogen) atoms. The molecule has 1 aromatic heterocycles. The Bertz CT molecular complexity index is 1290. The first kappa shape index (κ1) is 18.0. The quantitative estimate of drug-likeness (QED) is 0.185. The fourth-order valence-electron chi connectivity index (χ4n) is 3.72. The molecule has 0 fully saturated rings. The van der Waals surface area contributed by atoms with Crippen LogP contribution in [0, 0.1) is 0 Å². The lowest BCUT2D eigenvalue weighted by Gasteiger charge is -2.05. The largest absolute Gasteiger partial charge is 0.349 e. The van der Waals surface area contributed by atoms with Crippen LogP contribution < -0.4 is 5.32 Å². The molecular formula is C23H15IN2S2. The fourth-order valence-corrected chi connectivity index (χ4v) is 5.80. The van der Waals surface area contributed by atoms with Crippen LogP contribution in [0.2, 0.25) is 0 Å². The maximum absolute atomic E-state index is 5.01. The van der Waals surface area contributed by atoms with E-state index in [4.69, 9.17) is 4.98 Å². The van der Waals surface area contributed by atoms with E-state index in [1.807, 2.05) is 0 Å². The molecule has 2 nitrogen and oxygen atoms in total. The highest BCUT2D eigenvalue weighted by molar-refractivity contribution is 14.0. The predicted molar refractivity (Wildman–Crippen MR) is 134 cm³/mol. The molecule has 0 bridgehead atoms. The Labute approximate surface area is 187 Å². The number of nitrogens with one attached hydrogen (secondary N) is 1. The van der Waals surface area contributed by atoms with E-state index >= 15 is 0 Å². The van der Waals surface area contributed by atoms with Crippen LogP contribution in [0.3, 0.4) is 0 Å². The molecule has 0 amide bonds. The van der Waals surface area contributed by atoms with Crippen LogP contribution in [-0.2, 0) is 0 Å². The molecule has 0 saturated carbocycles. The smallest absolute Gasteiger partial charge is 0.120 e. The van der Waals surface area contributed by atoms with E-state index in [1.54, 1.807) is 23.1 Å². The lowest BCUT2D eigenvalue weighted by atomic mass is 10.0. The third-order valence-corrected chi connectivity index (χ3v) is 6.96. The van der Waals surface area contributed by atoms with Crippen molar-refractivity contribution in [3.05, 3.63) is 82.8 Å². The van der Waals surface area contributed by atoms with Crippen molar-refractivity contribution in [2.24, 2.45) is 0 Å². The van der Waals surface area contributed by atoms with Crippen LogP contribution in [0.15, 0.2) is 82.7 Å². The highest BCUT2D eigenvalue weighted by atomic mass is 127. The van der Waals surface area contributed by atoms with Gasteiger partial charge >= 0.3 is 0 Å². The molecule has 0 aliphatic carbocycles. The van der Waals surface area contributed by atoms with E-state index in [1.165, 1.54) is 36.8 Å². The Morgan fingerprint density at radius 1 is 0.750 bits per heavy atom. The molecule has 1 N–H and O–H groups in total. The van der Waals surface area contributed by atoms with Crippen LogP contribution in [-0.4, -0.2) is 4.98 Å². The zero-order chi connectivity index (χ0) is 17.8. The van der Waals surface area contributed by atoms with E-state index < -0.39 is 0 Å². The molecule has 4 aromatic carbocycles. The van der Waals surface area contributed by atoms with Gasteiger partial charge in [0.25, 0.3) is 0 Å². The summed E-state index contributed by atoms with van der Waals surface area (Å²) < 4.78 is 1.26. The topological polar surface area (TPSA) is 24.9 Å². The van der Waals surface area contributed by atoms with Gasteiger partial charge in [0.2, 0.25) is 0 Å². The van der Waals surface area contributed by atoms with Crippen molar-refractivity contribution in [3.8, 4) is 0 Å². The number of rotatable bonds is 1. The van der Waals surface area contributed by atoms with Crippen molar-refractivity contribution in [2.45, 2.75) is 4.90 Å². The zero-order valence-corrected chi connectivity index (χ0v) is 18.6.